The average Bonchev–Trinajstić information content (AvgIpc) is 2.84. The van der Waals surface area contributed by atoms with E-state index in [0.29, 0.717) is 10.4 Å². The molecule has 24 heavy (non-hydrogen) atoms. The summed E-state index contributed by atoms with van der Waals surface area (Å²) in [4.78, 5) is 12.2. The summed E-state index contributed by atoms with van der Waals surface area (Å²) in [7, 11) is 0. The fourth-order valence-corrected chi connectivity index (χ4v) is 2.64. The van der Waals surface area contributed by atoms with Crippen LogP contribution in [0.1, 0.15) is 23.9 Å². The van der Waals surface area contributed by atoms with Crippen molar-refractivity contribution in [3.8, 4) is 0 Å². The first-order valence-electron chi connectivity index (χ1n) is 6.92. The molecule has 1 aromatic carbocycles. The second-order valence-corrected chi connectivity index (χ2v) is 6.55. The lowest BCUT2D eigenvalue weighted by Crippen LogP contribution is -2.25. The third-order valence-electron chi connectivity index (χ3n) is 3.22. The van der Waals surface area contributed by atoms with Crippen molar-refractivity contribution in [3.05, 3.63) is 35.2 Å². The molecule has 0 radical (unpaired) electrons. The van der Waals surface area contributed by atoms with Gasteiger partial charge >= 0.3 is 6.18 Å². The van der Waals surface area contributed by atoms with E-state index in [1.807, 2.05) is 32.0 Å². The van der Waals surface area contributed by atoms with Crippen LogP contribution in [0.2, 0.25) is 0 Å². The molecule has 0 saturated heterocycles. The molecule has 1 amide bonds. The van der Waals surface area contributed by atoms with Gasteiger partial charge < -0.3 is 11.2 Å². The number of nitrogens with zero attached hydrogens (tertiary/aromatic N) is 3. The second-order valence-electron chi connectivity index (χ2n) is 5.24. The fraction of sp³-hybridized carbons (Fsp3) is 0.357. The van der Waals surface area contributed by atoms with Gasteiger partial charge in [-0.1, -0.05) is 23.9 Å². The average molecular weight is 359 g/mol. The Morgan fingerprint density at radius 3 is 2.58 bits per heavy atom. The van der Waals surface area contributed by atoms with E-state index >= 15 is 0 Å². The fourth-order valence-electron chi connectivity index (χ4n) is 1.87. The van der Waals surface area contributed by atoms with Crippen LogP contribution in [-0.2, 0) is 11.0 Å². The summed E-state index contributed by atoms with van der Waals surface area (Å²) in [5.74, 6) is 3.67. The van der Waals surface area contributed by atoms with E-state index in [4.69, 9.17) is 5.84 Å². The first-order chi connectivity index (χ1) is 11.1. The van der Waals surface area contributed by atoms with Crippen molar-refractivity contribution >= 4 is 23.4 Å². The minimum Gasteiger partial charge on any atom is -0.335 e. The standard InChI is InChI=1S/C14H16F3N5OS/c1-7-4-5-8(2)10(6-7)19-11(23)9(3)24-13-21-20-12(22(13)18)14(15,16)17/h4-6,9H,18H2,1-3H3,(H,19,23). The van der Waals surface area contributed by atoms with Gasteiger partial charge in [0, 0.05) is 5.69 Å². The Hall–Kier alpha value is -2.23. The van der Waals surface area contributed by atoms with Gasteiger partial charge in [0.25, 0.3) is 5.82 Å². The van der Waals surface area contributed by atoms with Crippen molar-refractivity contribution in [3.63, 3.8) is 0 Å². The third kappa shape index (κ3) is 3.99. The summed E-state index contributed by atoms with van der Waals surface area (Å²) in [5, 5.41) is 8.26. The van der Waals surface area contributed by atoms with Gasteiger partial charge in [-0.25, -0.2) is 4.68 Å². The summed E-state index contributed by atoms with van der Waals surface area (Å²) < 4.78 is 38.2. The minimum atomic E-state index is -4.70. The lowest BCUT2D eigenvalue weighted by atomic mass is 10.1. The molecule has 1 unspecified atom stereocenters. The number of amides is 1. The molecule has 0 aliphatic rings. The van der Waals surface area contributed by atoms with E-state index in [1.54, 1.807) is 6.92 Å². The third-order valence-corrected chi connectivity index (χ3v) is 4.28. The number of hydrogen-bond acceptors (Lipinski definition) is 5. The lowest BCUT2D eigenvalue weighted by Gasteiger charge is -2.13. The summed E-state index contributed by atoms with van der Waals surface area (Å²) in [6.07, 6.45) is -4.70. The van der Waals surface area contributed by atoms with E-state index < -0.39 is 17.3 Å². The topological polar surface area (TPSA) is 85.8 Å². The van der Waals surface area contributed by atoms with Crippen molar-refractivity contribution in [1.29, 1.82) is 0 Å². The molecule has 1 heterocycles. The molecule has 3 N–H and O–H groups in total. The predicted octanol–water partition coefficient (Wildman–Crippen LogP) is 2.75. The van der Waals surface area contributed by atoms with Crippen molar-refractivity contribution in [2.24, 2.45) is 0 Å². The van der Waals surface area contributed by atoms with Crippen LogP contribution in [-0.4, -0.2) is 26.0 Å². The van der Waals surface area contributed by atoms with Gasteiger partial charge in [0.15, 0.2) is 0 Å². The van der Waals surface area contributed by atoms with Gasteiger partial charge in [-0.3, -0.25) is 4.79 Å². The number of aryl methyl sites for hydroxylation is 2. The van der Waals surface area contributed by atoms with Gasteiger partial charge in [-0.2, -0.15) is 13.2 Å². The minimum absolute atomic E-state index is 0.189. The predicted molar refractivity (Wildman–Crippen MR) is 85.0 cm³/mol. The number of thioether (sulfide) groups is 1. The van der Waals surface area contributed by atoms with E-state index in [9.17, 15) is 18.0 Å². The van der Waals surface area contributed by atoms with Crippen LogP contribution in [0.15, 0.2) is 23.4 Å². The number of carbonyl (C=O) groups excluding carboxylic acids is 1. The molecular formula is C14H16F3N5OS. The van der Waals surface area contributed by atoms with Crippen molar-refractivity contribution < 1.29 is 18.0 Å². The van der Waals surface area contributed by atoms with Crippen LogP contribution in [0.5, 0.6) is 0 Å². The van der Waals surface area contributed by atoms with Gasteiger partial charge in [-0.05, 0) is 38.0 Å². The van der Waals surface area contributed by atoms with Crippen LogP contribution in [0.3, 0.4) is 0 Å². The number of alkyl halides is 3. The maximum Gasteiger partial charge on any atom is 0.453 e. The van der Waals surface area contributed by atoms with Crippen molar-refractivity contribution in [1.82, 2.24) is 14.9 Å². The van der Waals surface area contributed by atoms with Gasteiger partial charge in [0.2, 0.25) is 11.1 Å². The molecule has 10 heteroatoms. The smallest absolute Gasteiger partial charge is 0.335 e. The van der Waals surface area contributed by atoms with Gasteiger partial charge in [0.1, 0.15) is 0 Å². The maximum absolute atomic E-state index is 12.6. The number of nitrogens with two attached hydrogens (primary N) is 1. The number of nitrogen functional groups attached to an aromatic ring is 1. The number of nitrogens with one attached hydrogen (secondary N) is 1. The van der Waals surface area contributed by atoms with Crippen molar-refractivity contribution in [2.75, 3.05) is 11.2 Å². The number of hydrogen-bond donors (Lipinski definition) is 2. The number of rotatable bonds is 4. The Labute approximate surface area is 140 Å². The van der Waals surface area contributed by atoms with Crippen LogP contribution >= 0.6 is 11.8 Å². The summed E-state index contributed by atoms with van der Waals surface area (Å²) in [6.45, 7) is 5.29. The van der Waals surface area contributed by atoms with Crippen LogP contribution < -0.4 is 11.2 Å². The summed E-state index contributed by atoms with van der Waals surface area (Å²) >= 11 is 0.797. The largest absolute Gasteiger partial charge is 0.453 e. The lowest BCUT2D eigenvalue weighted by molar-refractivity contribution is -0.146. The van der Waals surface area contributed by atoms with E-state index in [2.05, 4.69) is 15.5 Å². The molecule has 130 valence electrons. The molecule has 1 atom stereocenters. The molecule has 2 aromatic rings. The zero-order valence-electron chi connectivity index (χ0n) is 13.2. The summed E-state index contributed by atoms with van der Waals surface area (Å²) in [5.41, 5.74) is 2.51. The molecule has 0 bridgehead atoms. The molecule has 0 aliphatic carbocycles. The van der Waals surface area contributed by atoms with E-state index in [1.165, 1.54) is 0 Å². The number of halogens is 3. The highest BCUT2D eigenvalue weighted by molar-refractivity contribution is 8.00. The zero-order valence-corrected chi connectivity index (χ0v) is 14.0. The molecule has 6 nitrogen and oxygen atoms in total. The Kier molecular flexibility index (Phi) is 5.07. The molecule has 0 aliphatic heterocycles. The molecule has 1 aromatic heterocycles. The first-order valence-corrected chi connectivity index (χ1v) is 7.80. The quantitative estimate of drug-likeness (QED) is 0.648. The van der Waals surface area contributed by atoms with Gasteiger partial charge in [-0.15, -0.1) is 10.2 Å². The SMILES string of the molecule is Cc1ccc(C)c(NC(=O)C(C)Sc2nnc(C(F)(F)F)n2N)c1. The molecule has 0 saturated carbocycles. The number of aromatic nitrogens is 3. The van der Waals surface area contributed by atoms with Gasteiger partial charge in [0.05, 0.1) is 5.25 Å². The number of anilines is 1. The zero-order chi connectivity index (χ0) is 18.1. The maximum atomic E-state index is 12.6. The Morgan fingerprint density at radius 1 is 1.33 bits per heavy atom. The normalized spacial score (nSPS) is 12.9. The Morgan fingerprint density at radius 2 is 2.00 bits per heavy atom. The monoisotopic (exact) mass is 359 g/mol. The molecule has 0 fully saturated rings. The van der Waals surface area contributed by atoms with E-state index in [-0.39, 0.29) is 11.1 Å². The number of carbonyl (C=O) groups is 1. The van der Waals surface area contributed by atoms with Crippen LogP contribution in [0, 0.1) is 13.8 Å². The van der Waals surface area contributed by atoms with Crippen LogP contribution in [0.25, 0.3) is 0 Å². The highest BCUT2D eigenvalue weighted by Crippen LogP contribution is 2.30. The summed E-state index contributed by atoms with van der Waals surface area (Å²) in [6, 6.07) is 5.60. The number of benzene rings is 1. The molecular weight excluding hydrogens is 343 g/mol. The first kappa shape index (κ1) is 18.1. The molecule has 2 rings (SSSR count). The highest BCUT2D eigenvalue weighted by Gasteiger charge is 2.38. The van der Waals surface area contributed by atoms with Crippen LogP contribution in [0.4, 0.5) is 18.9 Å². The van der Waals surface area contributed by atoms with E-state index in [0.717, 1.165) is 22.9 Å². The highest BCUT2D eigenvalue weighted by atomic mass is 32.2. The Balaban J connectivity index is 2.10. The second kappa shape index (κ2) is 6.71. The molecule has 0 spiro atoms. The Bertz CT molecular complexity index is 759. The van der Waals surface area contributed by atoms with Crippen molar-refractivity contribution in [2.45, 2.75) is 37.4 Å².